The van der Waals surface area contributed by atoms with E-state index in [1.165, 1.54) is 0 Å². The summed E-state index contributed by atoms with van der Waals surface area (Å²) in [6.45, 7) is 7.25. The lowest BCUT2D eigenvalue weighted by atomic mass is 10.0. The van der Waals surface area contributed by atoms with Crippen LogP contribution in [0.25, 0.3) is 0 Å². The molecule has 0 unspecified atom stereocenters. The Balaban J connectivity index is 1.98. The van der Waals surface area contributed by atoms with E-state index >= 15 is 0 Å². The normalized spacial score (nSPS) is 16.4. The lowest BCUT2D eigenvalue weighted by Crippen LogP contribution is -2.46. The van der Waals surface area contributed by atoms with E-state index in [4.69, 9.17) is 9.47 Å². The van der Waals surface area contributed by atoms with Crippen LogP contribution in [0.3, 0.4) is 0 Å². The van der Waals surface area contributed by atoms with Crippen LogP contribution in [-0.4, -0.2) is 50.1 Å². The Kier molecular flexibility index (Phi) is 8.88. The third-order valence-corrected chi connectivity index (χ3v) is 4.84. The average Bonchev–Trinajstić information content (AvgIpc) is 3.09. The highest BCUT2D eigenvalue weighted by atomic mass is 16.5. The van der Waals surface area contributed by atoms with Gasteiger partial charge in [-0.15, -0.1) is 0 Å². The summed E-state index contributed by atoms with van der Waals surface area (Å²) >= 11 is 0. The molecule has 6 heteroatoms. The lowest BCUT2D eigenvalue weighted by Gasteiger charge is -2.23. The summed E-state index contributed by atoms with van der Waals surface area (Å²) in [5.41, 5.74) is 1.61. The number of benzene rings is 1. The number of hydrogen-bond acceptors (Lipinski definition) is 4. The molecule has 6 nitrogen and oxygen atoms in total. The van der Waals surface area contributed by atoms with Gasteiger partial charge in [0, 0.05) is 38.8 Å². The Labute approximate surface area is 163 Å². The molecule has 0 aliphatic heterocycles. The molecular weight excluding hydrogens is 342 g/mol. The SMILES string of the molecule is CCNC(=NCc1ccc(C)cc1OCCCOC)NCC1(O)CCCC1. The van der Waals surface area contributed by atoms with Crippen molar-refractivity contribution in [3.63, 3.8) is 0 Å². The van der Waals surface area contributed by atoms with E-state index in [-0.39, 0.29) is 0 Å². The van der Waals surface area contributed by atoms with E-state index in [0.29, 0.717) is 26.3 Å². The van der Waals surface area contributed by atoms with Crippen molar-refractivity contribution in [2.24, 2.45) is 4.99 Å². The second kappa shape index (κ2) is 11.1. The fourth-order valence-corrected chi connectivity index (χ4v) is 3.28. The molecule has 0 amide bonds. The van der Waals surface area contributed by atoms with Crippen LogP contribution in [0.2, 0.25) is 0 Å². The van der Waals surface area contributed by atoms with Gasteiger partial charge in [-0.05, 0) is 38.3 Å². The number of guanidine groups is 1. The number of nitrogens with one attached hydrogen (secondary N) is 2. The summed E-state index contributed by atoms with van der Waals surface area (Å²) in [7, 11) is 1.70. The number of rotatable bonds is 10. The van der Waals surface area contributed by atoms with E-state index in [1.54, 1.807) is 7.11 Å². The minimum atomic E-state index is -0.602. The summed E-state index contributed by atoms with van der Waals surface area (Å²) in [4.78, 5) is 4.69. The zero-order valence-corrected chi connectivity index (χ0v) is 17.0. The van der Waals surface area contributed by atoms with Gasteiger partial charge in [0.05, 0.1) is 18.8 Å². The molecule has 1 aliphatic rings. The Morgan fingerprint density at radius 3 is 2.70 bits per heavy atom. The third kappa shape index (κ3) is 7.39. The van der Waals surface area contributed by atoms with Crippen LogP contribution in [0.1, 0.15) is 50.2 Å². The molecular formula is C21H35N3O3. The van der Waals surface area contributed by atoms with Crippen LogP contribution in [0.15, 0.2) is 23.2 Å². The number of methoxy groups -OCH3 is 1. The summed E-state index contributed by atoms with van der Waals surface area (Å²) in [5.74, 6) is 1.60. The van der Waals surface area contributed by atoms with Crippen LogP contribution < -0.4 is 15.4 Å². The first-order valence-corrected chi connectivity index (χ1v) is 10.0. The molecule has 0 aromatic heterocycles. The molecule has 1 fully saturated rings. The summed E-state index contributed by atoms with van der Waals surface area (Å²) < 4.78 is 11.0. The number of ether oxygens (including phenoxy) is 2. The second-order valence-electron chi connectivity index (χ2n) is 7.29. The Bertz CT molecular complexity index is 598. The molecule has 0 bridgehead atoms. The number of aryl methyl sites for hydroxylation is 1. The Morgan fingerprint density at radius 2 is 2.00 bits per heavy atom. The molecule has 0 radical (unpaired) electrons. The summed E-state index contributed by atoms with van der Waals surface area (Å²) in [6, 6.07) is 6.20. The van der Waals surface area contributed by atoms with Crippen LogP contribution in [-0.2, 0) is 11.3 Å². The zero-order chi connectivity index (χ0) is 19.5. The maximum Gasteiger partial charge on any atom is 0.191 e. The van der Waals surface area contributed by atoms with Gasteiger partial charge < -0.3 is 25.2 Å². The third-order valence-electron chi connectivity index (χ3n) is 4.84. The van der Waals surface area contributed by atoms with Gasteiger partial charge in [0.2, 0.25) is 0 Å². The van der Waals surface area contributed by atoms with Crippen molar-refractivity contribution in [3.05, 3.63) is 29.3 Å². The topological polar surface area (TPSA) is 75.1 Å². The highest BCUT2D eigenvalue weighted by molar-refractivity contribution is 5.79. The highest BCUT2D eigenvalue weighted by Crippen LogP contribution is 2.28. The van der Waals surface area contributed by atoms with Crippen LogP contribution in [0.5, 0.6) is 5.75 Å². The van der Waals surface area contributed by atoms with Crippen LogP contribution in [0.4, 0.5) is 0 Å². The monoisotopic (exact) mass is 377 g/mol. The van der Waals surface area contributed by atoms with Gasteiger partial charge in [0.25, 0.3) is 0 Å². The minimum absolute atomic E-state index is 0.521. The van der Waals surface area contributed by atoms with Crippen molar-refractivity contribution in [1.29, 1.82) is 0 Å². The minimum Gasteiger partial charge on any atom is -0.493 e. The fraction of sp³-hybridized carbons (Fsp3) is 0.667. The Morgan fingerprint density at radius 1 is 1.22 bits per heavy atom. The standard InChI is InChI=1S/C21H35N3O3/c1-4-22-20(24-16-21(25)10-5-6-11-21)23-15-18-9-8-17(2)14-19(18)27-13-7-12-26-3/h8-9,14,25H,4-7,10-13,15-16H2,1-3H3,(H2,22,23,24). The molecule has 0 heterocycles. The van der Waals surface area contributed by atoms with Crippen molar-refractivity contribution < 1.29 is 14.6 Å². The summed E-state index contributed by atoms with van der Waals surface area (Å²) in [5, 5.41) is 17.1. The smallest absolute Gasteiger partial charge is 0.191 e. The number of hydrogen-bond donors (Lipinski definition) is 3. The van der Waals surface area contributed by atoms with E-state index in [1.807, 2.05) is 6.92 Å². The van der Waals surface area contributed by atoms with Gasteiger partial charge in [-0.2, -0.15) is 0 Å². The van der Waals surface area contributed by atoms with Crippen LogP contribution >= 0.6 is 0 Å². The van der Waals surface area contributed by atoms with Gasteiger partial charge in [-0.1, -0.05) is 25.0 Å². The maximum atomic E-state index is 10.5. The van der Waals surface area contributed by atoms with Gasteiger partial charge in [0.15, 0.2) is 5.96 Å². The van der Waals surface area contributed by atoms with Crippen molar-refractivity contribution >= 4 is 5.96 Å². The molecule has 0 atom stereocenters. The van der Waals surface area contributed by atoms with E-state index in [9.17, 15) is 5.11 Å². The maximum absolute atomic E-state index is 10.5. The van der Waals surface area contributed by atoms with Crippen molar-refractivity contribution in [1.82, 2.24) is 10.6 Å². The largest absolute Gasteiger partial charge is 0.493 e. The molecule has 1 aromatic rings. The molecule has 3 N–H and O–H groups in total. The molecule has 0 spiro atoms. The molecule has 0 saturated heterocycles. The second-order valence-corrected chi connectivity index (χ2v) is 7.29. The van der Waals surface area contributed by atoms with E-state index in [2.05, 4.69) is 40.7 Å². The number of nitrogens with zero attached hydrogens (tertiary/aromatic N) is 1. The van der Waals surface area contributed by atoms with Gasteiger partial charge in [-0.25, -0.2) is 4.99 Å². The first-order valence-electron chi connectivity index (χ1n) is 10.0. The van der Waals surface area contributed by atoms with E-state index in [0.717, 1.165) is 61.5 Å². The number of aliphatic imine (C=N–C) groups is 1. The predicted octanol–water partition coefficient (Wildman–Crippen LogP) is 2.77. The number of aliphatic hydroxyl groups is 1. The molecule has 1 saturated carbocycles. The van der Waals surface area contributed by atoms with Gasteiger partial charge in [0.1, 0.15) is 5.75 Å². The highest BCUT2D eigenvalue weighted by Gasteiger charge is 2.30. The quantitative estimate of drug-likeness (QED) is 0.332. The van der Waals surface area contributed by atoms with Gasteiger partial charge in [-0.3, -0.25) is 0 Å². The first-order chi connectivity index (χ1) is 13.1. The lowest BCUT2D eigenvalue weighted by molar-refractivity contribution is 0.0522. The predicted molar refractivity (Wildman–Crippen MR) is 109 cm³/mol. The summed E-state index contributed by atoms with van der Waals surface area (Å²) in [6.07, 6.45) is 4.77. The Hall–Kier alpha value is -1.79. The molecule has 152 valence electrons. The fourth-order valence-electron chi connectivity index (χ4n) is 3.28. The van der Waals surface area contributed by atoms with Gasteiger partial charge >= 0.3 is 0 Å². The molecule has 2 rings (SSSR count). The molecule has 1 aromatic carbocycles. The van der Waals surface area contributed by atoms with Crippen molar-refractivity contribution in [3.8, 4) is 5.75 Å². The van der Waals surface area contributed by atoms with E-state index < -0.39 is 5.60 Å². The average molecular weight is 378 g/mol. The van der Waals surface area contributed by atoms with Crippen molar-refractivity contribution in [2.45, 2.75) is 58.1 Å². The first kappa shape index (κ1) is 21.5. The zero-order valence-electron chi connectivity index (χ0n) is 17.0. The van der Waals surface area contributed by atoms with Crippen LogP contribution in [0, 0.1) is 6.92 Å². The van der Waals surface area contributed by atoms with Crippen molar-refractivity contribution in [2.75, 3.05) is 33.4 Å². The molecule has 27 heavy (non-hydrogen) atoms. The molecule has 1 aliphatic carbocycles.